The highest BCUT2D eigenvalue weighted by Crippen LogP contribution is 2.12. The number of amides is 2. The van der Waals surface area contributed by atoms with Gasteiger partial charge in [-0.3, -0.25) is 9.59 Å². The van der Waals surface area contributed by atoms with Crippen molar-refractivity contribution in [2.24, 2.45) is 0 Å². The van der Waals surface area contributed by atoms with Gasteiger partial charge in [0.2, 0.25) is 11.8 Å². The molecule has 0 radical (unpaired) electrons. The first-order chi connectivity index (χ1) is 9.97. The number of carbonyl (C=O) groups excluding carboxylic acids is 2. The molecule has 112 valence electrons. The van der Waals surface area contributed by atoms with Crippen molar-refractivity contribution >= 4 is 17.9 Å². The van der Waals surface area contributed by atoms with Crippen LogP contribution in [0.2, 0.25) is 0 Å². The highest BCUT2D eigenvalue weighted by atomic mass is 19.1. The standard InChI is InChI=1S/C15H16F2N2O2/c1-11(20)18-6-8-19(9-7-18)15(21)5-3-12-2-4-13(16)10-14(12)17/h2-5,10H,6-9H2,1H3/b5-3+. The minimum Gasteiger partial charge on any atom is -0.339 e. The number of rotatable bonds is 2. The van der Waals surface area contributed by atoms with Crippen LogP contribution in [0.25, 0.3) is 6.08 Å². The lowest BCUT2D eigenvalue weighted by Gasteiger charge is -2.33. The Labute approximate surface area is 121 Å². The molecule has 1 aliphatic heterocycles. The smallest absolute Gasteiger partial charge is 0.246 e. The Morgan fingerprint density at radius 1 is 1.10 bits per heavy atom. The molecule has 1 aromatic rings. The van der Waals surface area contributed by atoms with Crippen LogP contribution in [0, 0.1) is 11.6 Å². The second kappa shape index (κ2) is 6.47. The quantitative estimate of drug-likeness (QED) is 0.779. The van der Waals surface area contributed by atoms with E-state index < -0.39 is 11.6 Å². The molecule has 1 aliphatic rings. The molecular formula is C15H16F2N2O2. The predicted octanol–water partition coefficient (Wildman–Crippen LogP) is 1.67. The molecule has 4 nitrogen and oxygen atoms in total. The van der Waals surface area contributed by atoms with Gasteiger partial charge in [0.1, 0.15) is 11.6 Å². The maximum Gasteiger partial charge on any atom is 0.246 e. The minimum atomic E-state index is -0.708. The van der Waals surface area contributed by atoms with E-state index in [9.17, 15) is 18.4 Å². The molecule has 0 bridgehead atoms. The predicted molar refractivity (Wildman–Crippen MR) is 74.2 cm³/mol. The van der Waals surface area contributed by atoms with Crippen LogP contribution < -0.4 is 0 Å². The third-order valence-electron chi connectivity index (χ3n) is 3.40. The van der Waals surface area contributed by atoms with Crippen molar-refractivity contribution in [3.05, 3.63) is 41.5 Å². The fourth-order valence-corrected chi connectivity index (χ4v) is 2.14. The van der Waals surface area contributed by atoms with Crippen molar-refractivity contribution in [2.75, 3.05) is 26.2 Å². The third-order valence-corrected chi connectivity index (χ3v) is 3.40. The SMILES string of the molecule is CC(=O)N1CCN(C(=O)/C=C/c2ccc(F)cc2F)CC1. The van der Waals surface area contributed by atoms with E-state index in [2.05, 4.69) is 0 Å². The number of nitrogens with zero attached hydrogens (tertiary/aromatic N) is 2. The third kappa shape index (κ3) is 3.87. The molecule has 1 fully saturated rings. The van der Waals surface area contributed by atoms with Crippen LogP contribution in [-0.4, -0.2) is 47.8 Å². The molecule has 1 heterocycles. The van der Waals surface area contributed by atoms with E-state index in [1.807, 2.05) is 0 Å². The molecule has 0 spiro atoms. The van der Waals surface area contributed by atoms with Gasteiger partial charge in [0.05, 0.1) is 0 Å². The summed E-state index contributed by atoms with van der Waals surface area (Å²) in [6.45, 7) is 3.40. The molecule has 0 atom stereocenters. The minimum absolute atomic E-state index is 0.00831. The molecule has 6 heteroatoms. The summed E-state index contributed by atoms with van der Waals surface area (Å²) < 4.78 is 26.2. The van der Waals surface area contributed by atoms with Crippen LogP contribution in [0.5, 0.6) is 0 Å². The summed E-state index contributed by atoms with van der Waals surface area (Å²) in [5.74, 6) is -1.62. The molecule has 21 heavy (non-hydrogen) atoms. The summed E-state index contributed by atoms with van der Waals surface area (Å²) in [7, 11) is 0. The first-order valence-electron chi connectivity index (χ1n) is 6.65. The molecule has 0 unspecified atom stereocenters. The van der Waals surface area contributed by atoms with E-state index in [4.69, 9.17) is 0 Å². The normalized spacial score (nSPS) is 15.6. The molecular weight excluding hydrogens is 278 g/mol. The Hall–Kier alpha value is -2.24. The summed E-state index contributed by atoms with van der Waals surface area (Å²) in [6, 6.07) is 3.19. The van der Waals surface area contributed by atoms with Gasteiger partial charge in [0.15, 0.2) is 0 Å². The number of halogens is 2. The van der Waals surface area contributed by atoms with E-state index in [1.165, 1.54) is 25.1 Å². The Balaban J connectivity index is 1.95. The Morgan fingerprint density at radius 3 is 2.29 bits per heavy atom. The fourth-order valence-electron chi connectivity index (χ4n) is 2.14. The lowest BCUT2D eigenvalue weighted by molar-refractivity contribution is -0.135. The van der Waals surface area contributed by atoms with Crippen LogP contribution in [0.4, 0.5) is 8.78 Å². The molecule has 0 saturated carbocycles. The summed E-state index contributed by atoms with van der Waals surface area (Å²) >= 11 is 0. The summed E-state index contributed by atoms with van der Waals surface area (Å²) in [5.41, 5.74) is 0.159. The van der Waals surface area contributed by atoms with E-state index in [-0.39, 0.29) is 17.4 Å². The van der Waals surface area contributed by atoms with Crippen LogP contribution in [-0.2, 0) is 9.59 Å². The molecule has 0 aromatic heterocycles. The van der Waals surface area contributed by atoms with E-state index in [1.54, 1.807) is 9.80 Å². The van der Waals surface area contributed by atoms with E-state index in [0.717, 1.165) is 12.1 Å². The van der Waals surface area contributed by atoms with E-state index >= 15 is 0 Å². The van der Waals surface area contributed by atoms with Gasteiger partial charge < -0.3 is 9.80 Å². The van der Waals surface area contributed by atoms with Gasteiger partial charge in [0, 0.05) is 50.8 Å². The van der Waals surface area contributed by atoms with Crippen LogP contribution in [0.1, 0.15) is 12.5 Å². The highest BCUT2D eigenvalue weighted by Gasteiger charge is 2.20. The van der Waals surface area contributed by atoms with Crippen molar-refractivity contribution in [3.63, 3.8) is 0 Å². The topological polar surface area (TPSA) is 40.6 Å². The Bertz CT molecular complexity index is 579. The second-order valence-corrected chi connectivity index (χ2v) is 4.83. The average Bonchev–Trinajstić information content (AvgIpc) is 2.46. The van der Waals surface area contributed by atoms with Gasteiger partial charge in [-0.2, -0.15) is 0 Å². The maximum absolute atomic E-state index is 13.4. The van der Waals surface area contributed by atoms with E-state index in [0.29, 0.717) is 26.2 Å². The van der Waals surface area contributed by atoms with Gasteiger partial charge in [-0.05, 0) is 18.2 Å². The van der Waals surface area contributed by atoms with Crippen molar-refractivity contribution in [2.45, 2.75) is 6.92 Å². The number of carbonyl (C=O) groups is 2. The Morgan fingerprint density at radius 2 is 1.71 bits per heavy atom. The summed E-state index contributed by atoms with van der Waals surface area (Å²) in [4.78, 5) is 26.4. The lowest BCUT2D eigenvalue weighted by atomic mass is 10.2. The zero-order valence-corrected chi connectivity index (χ0v) is 11.7. The maximum atomic E-state index is 13.4. The van der Waals surface area contributed by atoms with Crippen molar-refractivity contribution in [1.29, 1.82) is 0 Å². The second-order valence-electron chi connectivity index (χ2n) is 4.83. The monoisotopic (exact) mass is 294 g/mol. The lowest BCUT2D eigenvalue weighted by Crippen LogP contribution is -2.49. The van der Waals surface area contributed by atoms with Gasteiger partial charge in [0.25, 0.3) is 0 Å². The first kappa shape index (κ1) is 15.2. The molecule has 0 aliphatic carbocycles. The zero-order chi connectivity index (χ0) is 15.4. The Kier molecular flexibility index (Phi) is 4.67. The van der Waals surface area contributed by atoms with Gasteiger partial charge >= 0.3 is 0 Å². The average molecular weight is 294 g/mol. The zero-order valence-electron chi connectivity index (χ0n) is 11.7. The molecule has 0 N–H and O–H groups in total. The van der Waals surface area contributed by atoms with Crippen molar-refractivity contribution in [1.82, 2.24) is 9.80 Å². The van der Waals surface area contributed by atoms with Crippen molar-refractivity contribution < 1.29 is 18.4 Å². The molecule has 1 saturated heterocycles. The molecule has 2 rings (SSSR count). The number of piperazine rings is 1. The summed E-state index contributed by atoms with van der Waals surface area (Å²) in [5, 5.41) is 0. The highest BCUT2D eigenvalue weighted by molar-refractivity contribution is 5.92. The van der Waals surface area contributed by atoms with Crippen LogP contribution >= 0.6 is 0 Å². The largest absolute Gasteiger partial charge is 0.339 e. The fraction of sp³-hybridized carbons (Fsp3) is 0.333. The number of benzene rings is 1. The van der Waals surface area contributed by atoms with Crippen molar-refractivity contribution in [3.8, 4) is 0 Å². The van der Waals surface area contributed by atoms with Gasteiger partial charge in [-0.1, -0.05) is 0 Å². The number of hydrogen-bond acceptors (Lipinski definition) is 2. The van der Waals surface area contributed by atoms with Gasteiger partial charge in [-0.15, -0.1) is 0 Å². The number of hydrogen-bond donors (Lipinski definition) is 0. The van der Waals surface area contributed by atoms with Gasteiger partial charge in [-0.25, -0.2) is 8.78 Å². The summed E-state index contributed by atoms with van der Waals surface area (Å²) in [6.07, 6.45) is 2.59. The first-order valence-corrected chi connectivity index (χ1v) is 6.65. The van der Waals surface area contributed by atoms with Crippen LogP contribution in [0.15, 0.2) is 24.3 Å². The molecule has 2 amide bonds. The molecule has 1 aromatic carbocycles. The van der Waals surface area contributed by atoms with Crippen LogP contribution in [0.3, 0.4) is 0 Å².